The molecule has 0 bridgehead atoms. The Labute approximate surface area is 107 Å². The number of carbonyl (C=O) groups is 1. The summed E-state index contributed by atoms with van der Waals surface area (Å²) in [6, 6.07) is 7.27. The van der Waals surface area contributed by atoms with Gasteiger partial charge in [-0.1, -0.05) is 29.7 Å². The van der Waals surface area contributed by atoms with Gasteiger partial charge in [0.15, 0.2) is 0 Å². The zero-order valence-electron chi connectivity index (χ0n) is 9.69. The Morgan fingerprint density at radius 3 is 2.65 bits per heavy atom. The molecule has 3 heteroatoms. The first-order chi connectivity index (χ1) is 8.17. The molecule has 0 saturated heterocycles. The van der Waals surface area contributed by atoms with E-state index in [1.165, 1.54) is 6.08 Å². The fraction of sp³-hybridized carbons (Fsp3) is 0.214. The second-order valence-corrected chi connectivity index (χ2v) is 3.88. The predicted molar refractivity (Wildman–Crippen MR) is 71.6 cm³/mol. The van der Waals surface area contributed by atoms with Crippen molar-refractivity contribution in [2.45, 2.75) is 6.92 Å². The molecule has 2 nitrogen and oxygen atoms in total. The van der Waals surface area contributed by atoms with Crippen molar-refractivity contribution in [3.63, 3.8) is 0 Å². The number of rotatable bonds is 4. The van der Waals surface area contributed by atoms with Crippen LogP contribution in [0.3, 0.4) is 0 Å². The summed E-state index contributed by atoms with van der Waals surface area (Å²) >= 11 is 5.77. The van der Waals surface area contributed by atoms with Crippen LogP contribution in [0.15, 0.2) is 30.3 Å². The van der Waals surface area contributed by atoms with Crippen LogP contribution in [0.1, 0.15) is 12.5 Å². The summed E-state index contributed by atoms with van der Waals surface area (Å²) in [7, 11) is 0. The summed E-state index contributed by atoms with van der Waals surface area (Å²) in [5.74, 6) is 2.38. The highest BCUT2D eigenvalue weighted by atomic mass is 35.5. The van der Waals surface area contributed by atoms with Crippen molar-refractivity contribution in [2.24, 2.45) is 0 Å². The Balaban J connectivity index is 2.67. The number of likely N-dealkylation sites (N-methyl/N-ethyl adjacent to an activating group) is 1. The quantitative estimate of drug-likeness (QED) is 0.592. The molecule has 1 rings (SSSR count). The minimum Gasteiger partial charge on any atom is -0.328 e. The molecule has 88 valence electrons. The van der Waals surface area contributed by atoms with E-state index in [-0.39, 0.29) is 5.91 Å². The standard InChI is InChI=1S/C14H14ClNO/c1-3-11-16(4-2)14(17)10-7-12-5-8-13(15)9-6-12/h1,5-10H,4,11H2,2H3/b10-7+. The van der Waals surface area contributed by atoms with E-state index in [0.717, 1.165) is 5.56 Å². The van der Waals surface area contributed by atoms with Gasteiger partial charge >= 0.3 is 0 Å². The van der Waals surface area contributed by atoms with Crippen LogP contribution < -0.4 is 0 Å². The number of benzene rings is 1. The van der Waals surface area contributed by atoms with Crippen molar-refractivity contribution in [2.75, 3.05) is 13.1 Å². The average molecular weight is 248 g/mol. The van der Waals surface area contributed by atoms with E-state index in [4.69, 9.17) is 18.0 Å². The molecule has 0 heterocycles. The van der Waals surface area contributed by atoms with Crippen LogP contribution in [-0.2, 0) is 4.79 Å². The van der Waals surface area contributed by atoms with Crippen LogP contribution >= 0.6 is 11.6 Å². The van der Waals surface area contributed by atoms with Crippen molar-refractivity contribution in [3.05, 3.63) is 40.9 Å². The molecule has 0 spiro atoms. The lowest BCUT2D eigenvalue weighted by Gasteiger charge is -2.15. The third kappa shape index (κ3) is 4.34. The number of hydrogen-bond acceptors (Lipinski definition) is 1. The first-order valence-corrected chi connectivity index (χ1v) is 5.71. The van der Waals surface area contributed by atoms with E-state index >= 15 is 0 Å². The minimum atomic E-state index is -0.0830. The molecule has 0 saturated carbocycles. The molecule has 0 aliphatic heterocycles. The Morgan fingerprint density at radius 1 is 1.47 bits per heavy atom. The van der Waals surface area contributed by atoms with Crippen LogP contribution in [0.2, 0.25) is 5.02 Å². The molecule has 0 radical (unpaired) electrons. The summed E-state index contributed by atoms with van der Waals surface area (Å²) < 4.78 is 0. The molecule has 17 heavy (non-hydrogen) atoms. The van der Waals surface area contributed by atoms with Crippen molar-refractivity contribution in [1.29, 1.82) is 0 Å². The van der Waals surface area contributed by atoms with Gasteiger partial charge in [-0.05, 0) is 30.7 Å². The van der Waals surface area contributed by atoms with Gasteiger partial charge in [0.2, 0.25) is 5.91 Å². The van der Waals surface area contributed by atoms with Gasteiger partial charge in [0.25, 0.3) is 0 Å². The SMILES string of the molecule is C#CCN(CC)C(=O)/C=C/c1ccc(Cl)cc1. The molecule has 1 aromatic carbocycles. The summed E-state index contributed by atoms with van der Waals surface area (Å²) in [4.78, 5) is 13.3. The van der Waals surface area contributed by atoms with Gasteiger partial charge in [-0.2, -0.15) is 0 Å². The van der Waals surface area contributed by atoms with Crippen molar-refractivity contribution < 1.29 is 4.79 Å². The zero-order valence-corrected chi connectivity index (χ0v) is 10.4. The molecular weight excluding hydrogens is 234 g/mol. The number of carbonyl (C=O) groups excluding carboxylic acids is 1. The molecule has 0 aliphatic carbocycles. The third-order valence-electron chi connectivity index (χ3n) is 2.26. The lowest BCUT2D eigenvalue weighted by molar-refractivity contribution is -0.125. The lowest BCUT2D eigenvalue weighted by Crippen LogP contribution is -2.29. The van der Waals surface area contributed by atoms with Gasteiger partial charge in [0, 0.05) is 17.6 Å². The molecule has 0 fully saturated rings. The average Bonchev–Trinajstić information content (AvgIpc) is 2.35. The molecule has 1 amide bonds. The Kier molecular flexibility index (Phi) is 5.32. The second kappa shape index (κ2) is 6.78. The van der Waals surface area contributed by atoms with Crippen molar-refractivity contribution in [1.82, 2.24) is 4.90 Å². The van der Waals surface area contributed by atoms with E-state index in [2.05, 4.69) is 5.92 Å². The maximum absolute atomic E-state index is 11.7. The summed E-state index contributed by atoms with van der Waals surface area (Å²) in [6.45, 7) is 2.83. The normalized spacial score (nSPS) is 10.2. The summed E-state index contributed by atoms with van der Waals surface area (Å²) in [6.07, 6.45) is 8.45. The predicted octanol–water partition coefficient (Wildman–Crippen LogP) is 2.83. The van der Waals surface area contributed by atoms with E-state index < -0.39 is 0 Å². The topological polar surface area (TPSA) is 20.3 Å². The summed E-state index contributed by atoms with van der Waals surface area (Å²) in [5.41, 5.74) is 0.930. The molecular formula is C14H14ClNO. The number of terminal acetylenes is 1. The van der Waals surface area contributed by atoms with Gasteiger partial charge in [0.1, 0.15) is 0 Å². The molecule has 1 aromatic rings. The number of halogens is 1. The van der Waals surface area contributed by atoms with Crippen LogP contribution in [-0.4, -0.2) is 23.9 Å². The third-order valence-corrected chi connectivity index (χ3v) is 2.52. The number of amides is 1. The van der Waals surface area contributed by atoms with E-state index in [0.29, 0.717) is 18.1 Å². The zero-order chi connectivity index (χ0) is 12.7. The Morgan fingerprint density at radius 2 is 2.12 bits per heavy atom. The van der Waals surface area contributed by atoms with E-state index in [9.17, 15) is 4.79 Å². The van der Waals surface area contributed by atoms with Gasteiger partial charge in [-0.25, -0.2) is 0 Å². The monoisotopic (exact) mass is 247 g/mol. The van der Waals surface area contributed by atoms with Crippen LogP contribution in [0.4, 0.5) is 0 Å². The van der Waals surface area contributed by atoms with E-state index in [1.807, 2.05) is 19.1 Å². The van der Waals surface area contributed by atoms with Crippen LogP contribution in [0.5, 0.6) is 0 Å². The highest BCUT2D eigenvalue weighted by Crippen LogP contribution is 2.10. The number of nitrogens with zero attached hydrogens (tertiary/aromatic N) is 1. The Hall–Kier alpha value is -1.72. The molecule has 0 unspecified atom stereocenters. The maximum Gasteiger partial charge on any atom is 0.247 e. The summed E-state index contributed by atoms with van der Waals surface area (Å²) in [5, 5.41) is 0.677. The molecule has 0 aliphatic rings. The minimum absolute atomic E-state index is 0.0830. The fourth-order valence-corrected chi connectivity index (χ4v) is 1.43. The van der Waals surface area contributed by atoms with E-state index in [1.54, 1.807) is 23.1 Å². The first-order valence-electron chi connectivity index (χ1n) is 5.33. The van der Waals surface area contributed by atoms with Gasteiger partial charge in [-0.3, -0.25) is 4.79 Å². The van der Waals surface area contributed by atoms with Crippen LogP contribution in [0.25, 0.3) is 6.08 Å². The van der Waals surface area contributed by atoms with Gasteiger partial charge in [0.05, 0.1) is 6.54 Å². The largest absolute Gasteiger partial charge is 0.328 e. The fourth-order valence-electron chi connectivity index (χ4n) is 1.30. The van der Waals surface area contributed by atoms with Crippen LogP contribution in [0, 0.1) is 12.3 Å². The molecule has 0 aromatic heterocycles. The smallest absolute Gasteiger partial charge is 0.247 e. The first kappa shape index (κ1) is 13.3. The highest BCUT2D eigenvalue weighted by molar-refractivity contribution is 6.30. The Bertz CT molecular complexity index is 442. The van der Waals surface area contributed by atoms with Crippen molar-refractivity contribution >= 4 is 23.6 Å². The lowest BCUT2D eigenvalue weighted by atomic mass is 10.2. The second-order valence-electron chi connectivity index (χ2n) is 3.44. The number of hydrogen-bond donors (Lipinski definition) is 0. The molecule has 0 N–H and O–H groups in total. The maximum atomic E-state index is 11.7. The molecule has 0 atom stereocenters. The van der Waals surface area contributed by atoms with Crippen molar-refractivity contribution in [3.8, 4) is 12.3 Å². The van der Waals surface area contributed by atoms with Gasteiger partial charge < -0.3 is 4.90 Å². The van der Waals surface area contributed by atoms with Gasteiger partial charge in [-0.15, -0.1) is 6.42 Å². The highest BCUT2D eigenvalue weighted by Gasteiger charge is 2.05.